The zero-order valence-corrected chi connectivity index (χ0v) is 13.3. The molecule has 0 aliphatic rings. The maximum absolute atomic E-state index is 13.5. The Morgan fingerprint density at radius 3 is 2.73 bits per heavy atom. The predicted octanol–water partition coefficient (Wildman–Crippen LogP) is 4.68. The van der Waals surface area contributed by atoms with Crippen LogP contribution in [0.15, 0.2) is 30.3 Å². The van der Waals surface area contributed by atoms with Gasteiger partial charge in [0, 0.05) is 4.70 Å². The fourth-order valence-electron chi connectivity index (χ4n) is 2.81. The van der Waals surface area contributed by atoms with Gasteiger partial charge in [-0.25, -0.2) is 13.9 Å². The molecule has 1 aromatic carbocycles. The highest BCUT2D eigenvalue weighted by molar-refractivity contribution is 7.22. The molecule has 0 spiro atoms. The molecule has 110 valence electrons. The van der Waals surface area contributed by atoms with Gasteiger partial charge in [-0.05, 0) is 62.1 Å². The Balaban J connectivity index is 2.09. The normalized spacial score (nSPS) is 11.6. The van der Waals surface area contributed by atoms with Gasteiger partial charge in [0.2, 0.25) is 0 Å². The third-order valence-corrected chi connectivity index (χ3v) is 5.18. The summed E-state index contributed by atoms with van der Waals surface area (Å²) in [4.78, 5) is 5.69. The molecule has 0 saturated heterocycles. The van der Waals surface area contributed by atoms with Gasteiger partial charge in [-0.2, -0.15) is 5.10 Å². The molecule has 4 aromatic rings. The largest absolute Gasteiger partial charge is 0.232 e. The summed E-state index contributed by atoms with van der Waals surface area (Å²) in [5.74, 6) is -0.205. The van der Waals surface area contributed by atoms with Gasteiger partial charge in [-0.15, -0.1) is 11.3 Å². The van der Waals surface area contributed by atoms with Crippen molar-refractivity contribution in [2.24, 2.45) is 0 Å². The zero-order chi connectivity index (χ0) is 15.4. The van der Waals surface area contributed by atoms with E-state index in [-0.39, 0.29) is 5.82 Å². The molecule has 5 heteroatoms. The highest BCUT2D eigenvalue weighted by atomic mass is 32.1. The van der Waals surface area contributed by atoms with Gasteiger partial charge < -0.3 is 0 Å². The van der Waals surface area contributed by atoms with Crippen LogP contribution in [0.3, 0.4) is 0 Å². The predicted molar refractivity (Wildman–Crippen MR) is 88.0 cm³/mol. The Morgan fingerprint density at radius 2 is 1.91 bits per heavy atom. The Kier molecular flexibility index (Phi) is 2.81. The smallest absolute Gasteiger partial charge is 0.154 e. The van der Waals surface area contributed by atoms with E-state index < -0.39 is 0 Å². The molecule has 3 nitrogen and oxygen atoms in total. The molecule has 0 N–H and O–H groups in total. The minimum atomic E-state index is -0.205. The van der Waals surface area contributed by atoms with Crippen molar-refractivity contribution >= 4 is 27.1 Å². The number of aryl methyl sites for hydroxylation is 3. The van der Waals surface area contributed by atoms with Crippen LogP contribution in [0.25, 0.3) is 26.3 Å². The maximum Gasteiger partial charge on any atom is 0.154 e. The van der Waals surface area contributed by atoms with Crippen LogP contribution in [-0.2, 0) is 0 Å². The molecule has 0 amide bonds. The van der Waals surface area contributed by atoms with Gasteiger partial charge in [0.15, 0.2) is 5.65 Å². The van der Waals surface area contributed by atoms with E-state index in [1.54, 1.807) is 17.4 Å². The van der Waals surface area contributed by atoms with Crippen molar-refractivity contribution in [3.63, 3.8) is 0 Å². The van der Waals surface area contributed by atoms with Crippen molar-refractivity contribution in [1.29, 1.82) is 0 Å². The van der Waals surface area contributed by atoms with Crippen LogP contribution < -0.4 is 0 Å². The molecular formula is C17H14FN3S. The Morgan fingerprint density at radius 1 is 1.09 bits per heavy atom. The first-order valence-electron chi connectivity index (χ1n) is 7.06. The average Bonchev–Trinajstić information content (AvgIpc) is 2.96. The minimum Gasteiger partial charge on any atom is -0.232 e. The maximum atomic E-state index is 13.5. The lowest BCUT2D eigenvalue weighted by molar-refractivity contribution is 0.630. The lowest BCUT2D eigenvalue weighted by Gasteiger charge is -2.02. The van der Waals surface area contributed by atoms with Crippen molar-refractivity contribution in [1.82, 2.24) is 14.6 Å². The number of aromatic nitrogens is 3. The van der Waals surface area contributed by atoms with Crippen molar-refractivity contribution in [3.8, 4) is 10.6 Å². The molecule has 4 rings (SSSR count). The average molecular weight is 311 g/mol. The number of benzene rings is 1. The van der Waals surface area contributed by atoms with Crippen LogP contribution in [0, 0.1) is 26.6 Å². The molecule has 0 aliphatic heterocycles. The zero-order valence-electron chi connectivity index (χ0n) is 12.5. The second kappa shape index (κ2) is 4.61. The van der Waals surface area contributed by atoms with Crippen molar-refractivity contribution in [2.45, 2.75) is 20.8 Å². The fourth-order valence-corrected chi connectivity index (χ4v) is 4.09. The molecule has 0 saturated carbocycles. The summed E-state index contributed by atoms with van der Waals surface area (Å²) < 4.78 is 16.5. The summed E-state index contributed by atoms with van der Waals surface area (Å²) >= 11 is 1.66. The van der Waals surface area contributed by atoms with E-state index in [1.807, 2.05) is 43.5 Å². The van der Waals surface area contributed by atoms with Crippen molar-refractivity contribution < 1.29 is 4.39 Å². The van der Waals surface area contributed by atoms with E-state index in [1.165, 1.54) is 6.07 Å². The number of hydrogen-bond donors (Lipinski definition) is 0. The minimum absolute atomic E-state index is 0.205. The van der Waals surface area contributed by atoms with Gasteiger partial charge in [-0.1, -0.05) is 0 Å². The summed E-state index contributed by atoms with van der Waals surface area (Å²) in [6.07, 6.45) is 0. The first-order chi connectivity index (χ1) is 10.5. The Bertz CT molecular complexity index is 1030. The highest BCUT2D eigenvalue weighted by Crippen LogP contribution is 2.39. The van der Waals surface area contributed by atoms with E-state index in [9.17, 15) is 4.39 Å². The van der Waals surface area contributed by atoms with E-state index >= 15 is 0 Å². The SMILES string of the molecule is Cc1ccc2nc(C)c(-c3sc4ccc(F)cc4c3C)n2n1. The third kappa shape index (κ3) is 1.85. The number of fused-ring (bicyclic) bond motifs is 2. The number of hydrogen-bond acceptors (Lipinski definition) is 3. The van der Waals surface area contributed by atoms with E-state index in [0.29, 0.717) is 0 Å². The standard InChI is InChI=1S/C17H14FN3S/c1-9-4-7-15-19-11(3)16(21(15)20-9)17-10(2)13-8-12(18)5-6-14(13)22-17/h4-8H,1-3H3. The van der Waals surface area contributed by atoms with Gasteiger partial charge in [0.05, 0.1) is 16.3 Å². The molecule has 0 bridgehead atoms. The number of halogens is 1. The van der Waals surface area contributed by atoms with Crippen LogP contribution >= 0.6 is 11.3 Å². The summed E-state index contributed by atoms with van der Waals surface area (Å²) in [5.41, 5.74) is 4.79. The van der Waals surface area contributed by atoms with Gasteiger partial charge >= 0.3 is 0 Å². The van der Waals surface area contributed by atoms with Crippen molar-refractivity contribution in [2.75, 3.05) is 0 Å². The monoisotopic (exact) mass is 311 g/mol. The highest BCUT2D eigenvalue weighted by Gasteiger charge is 2.18. The lowest BCUT2D eigenvalue weighted by Crippen LogP contribution is -1.96. The Labute approximate surface area is 131 Å². The molecule has 3 aromatic heterocycles. The van der Waals surface area contributed by atoms with E-state index in [0.717, 1.165) is 43.3 Å². The summed E-state index contributed by atoms with van der Waals surface area (Å²) in [5, 5.41) is 5.55. The topological polar surface area (TPSA) is 30.2 Å². The van der Waals surface area contributed by atoms with Gasteiger partial charge in [0.25, 0.3) is 0 Å². The van der Waals surface area contributed by atoms with Crippen LogP contribution in [-0.4, -0.2) is 14.6 Å². The molecule has 0 radical (unpaired) electrons. The van der Waals surface area contributed by atoms with E-state index in [2.05, 4.69) is 10.1 Å². The van der Waals surface area contributed by atoms with Gasteiger partial charge in [0.1, 0.15) is 11.5 Å². The van der Waals surface area contributed by atoms with Crippen LogP contribution in [0.2, 0.25) is 0 Å². The first kappa shape index (κ1) is 13.4. The van der Waals surface area contributed by atoms with Crippen LogP contribution in [0.4, 0.5) is 4.39 Å². The number of imidazole rings is 1. The molecule has 22 heavy (non-hydrogen) atoms. The molecular weight excluding hydrogens is 297 g/mol. The first-order valence-corrected chi connectivity index (χ1v) is 7.88. The van der Waals surface area contributed by atoms with Gasteiger partial charge in [-0.3, -0.25) is 0 Å². The molecule has 0 atom stereocenters. The van der Waals surface area contributed by atoms with Crippen molar-refractivity contribution in [3.05, 3.63) is 53.1 Å². The second-order valence-electron chi connectivity index (χ2n) is 5.49. The lowest BCUT2D eigenvalue weighted by atomic mass is 10.1. The summed E-state index contributed by atoms with van der Waals surface area (Å²) in [7, 11) is 0. The fraction of sp³-hybridized carbons (Fsp3) is 0.176. The molecule has 0 aliphatic carbocycles. The molecule has 0 unspecified atom stereocenters. The van der Waals surface area contributed by atoms with E-state index in [4.69, 9.17) is 0 Å². The third-order valence-electron chi connectivity index (χ3n) is 3.90. The number of rotatable bonds is 1. The molecule has 3 heterocycles. The quantitative estimate of drug-likeness (QED) is 0.511. The number of thiophene rings is 1. The molecule has 0 fully saturated rings. The second-order valence-corrected chi connectivity index (χ2v) is 6.54. The summed E-state index contributed by atoms with van der Waals surface area (Å²) in [6, 6.07) is 8.87. The van der Waals surface area contributed by atoms with Crippen LogP contribution in [0.5, 0.6) is 0 Å². The number of nitrogens with zero attached hydrogens (tertiary/aromatic N) is 3. The summed E-state index contributed by atoms with van der Waals surface area (Å²) in [6.45, 7) is 5.98. The Hall–Kier alpha value is -2.27. The van der Waals surface area contributed by atoms with Crippen LogP contribution in [0.1, 0.15) is 17.0 Å².